The monoisotopic (exact) mass is 170 g/mol. The molecule has 12 heavy (non-hydrogen) atoms. The van der Waals surface area contributed by atoms with Gasteiger partial charge in [0.2, 0.25) is 5.78 Å². The van der Waals surface area contributed by atoms with Gasteiger partial charge in [-0.1, -0.05) is 0 Å². The average Bonchev–Trinajstić information content (AvgIpc) is 2.02. The van der Waals surface area contributed by atoms with Crippen LogP contribution in [0.4, 0.5) is 0 Å². The molecule has 5 nitrogen and oxygen atoms in total. The maximum Gasteiger partial charge on any atom is 0.425 e. The second-order valence-electron chi connectivity index (χ2n) is 3.23. The lowest BCUT2D eigenvalue weighted by Crippen LogP contribution is -2.42. The van der Waals surface area contributed by atoms with E-state index >= 15 is 0 Å². The lowest BCUT2D eigenvalue weighted by atomic mass is 9.97. The molecule has 0 aliphatic carbocycles. The van der Waals surface area contributed by atoms with E-state index in [0.29, 0.717) is 9.48 Å². The number of nitrogens with zero attached hydrogens (tertiary/aromatic N) is 2. The van der Waals surface area contributed by atoms with Crippen molar-refractivity contribution in [1.29, 1.82) is 0 Å². The lowest BCUT2D eigenvalue weighted by molar-refractivity contribution is -0.523. The number of hydrogen-bond acceptors (Lipinski definition) is 3. The molecule has 1 aliphatic heterocycles. The Morgan fingerprint density at radius 2 is 2.00 bits per heavy atom. The lowest BCUT2D eigenvalue weighted by Gasteiger charge is -2.13. The molecular formula is C7H10N2O3. The summed E-state index contributed by atoms with van der Waals surface area (Å²) in [6.07, 6.45) is 0.830. The fraction of sp³-hybridized carbons (Fsp3) is 0.571. The first-order valence-electron chi connectivity index (χ1n) is 3.53. The van der Waals surface area contributed by atoms with Crippen molar-refractivity contribution in [2.45, 2.75) is 26.3 Å². The molecular weight excluding hydrogens is 160 g/mol. The standard InChI is InChI=1S/C7H10N2O3/c1-5(10)6-7(2,3)9(12)4-8(6)11/h4H,1-3H3. The van der Waals surface area contributed by atoms with Crippen LogP contribution in [-0.4, -0.2) is 32.9 Å². The van der Waals surface area contributed by atoms with Gasteiger partial charge >= 0.3 is 12.1 Å². The minimum atomic E-state index is -1.03. The second kappa shape index (κ2) is 2.30. The van der Waals surface area contributed by atoms with E-state index in [0.717, 1.165) is 6.34 Å². The summed E-state index contributed by atoms with van der Waals surface area (Å²) in [5.74, 6) is -0.371. The SMILES string of the molecule is CC(=O)C1=[N+]([O-])C=[N+]([O-])C1(C)C. The van der Waals surface area contributed by atoms with Gasteiger partial charge in [-0.25, -0.2) is 0 Å². The Hall–Kier alpha value is -1.39. The zero-order valence-electron chi connectivity index (χ0n) is 7.20. The molecule has 0 saturated heterocycles. The van der Waals surface area contributed by atoms with E-state index in [9.17, 15) is 15.2 Å². The zero-order valence-corrected chi connectivity index (χ0v) is 7.20. The van der Waals surface area contributed by atoms with E-state index in [1.54, 1.807) is 0 Å². The molecule has 0 fully saturated rings. The van der Waals surface area contributed by atoms with Crippen molar-refractivity contribution in [3.63, 3.8) is 0 Å². The molecule has 0 amide bonds. The maximum absolute atomic E-state index is 11.1. The van der Waals surface area contributed by atoms with Crippen LogP contribution in [0.1, 0.15) is 20.8 Å². The molecule has 0 N–H and O–H groups in total. The van der Waals surface area contributed by atoms with Crippen LogP contribution in [0.5, 0.6) is 0 Å². The topological polar surface area (TPSA) is 69.2 Å². The summed E-state index contributed by atoms with van der Waals surface area (Å²) in [4.78, 5) is 11.0. The first-order chi connectivity index (χ1) is 5.37. The fourth-order valence-electron chi connectivity index (χ4n) is 1.26. The molecule has 1 rings (SSSR count). The molecule has 5 heteroatoms. The third-order valence-electron chi connectivity index (χ3n) is 1.89. The molecule has 0 bridgehead atoms. The normalized spacial score (nSPS) is 21.1. The van der Waals surface area contributed by atoms with Crippen molar-refractivity contribution >= 4 is 17.8 Å². The van der Waals surface area contributed by atoms with E-state index in [1.807, 2.05) is 0 Å². The molecule has 1 aliphatic rings. The first-order valence-corrected chi connectivity index (χ1v) is 3.53. The second-order valence-corrected chi connectivity index (χ2v) is 3.23. The molecule has 0 saturated carbocycles. The highest BCUT2D eigenvalue weighted by atomic mass is 16.5. The summed E-state index contributed by atoms with van der Waals surface area (Å²) in [5, 5.41) is 22.1. The Labute approximate surface area is 69.8 Å². The van der Waals surface area contributed by atoms with Crippen LogP contribution in [0, 0.1) is 10.4 Å². The van der Waals surface area contributed by atoms with Gasteiger partial charge in [-0.15, -0.1) is 9.48 Å². The van der Waals surface area contributed by atoms with Gasteiger partial charge in [0.1, 0.15) is 0 Å². The molecule has 0 atom stereocenters. The predicted octanol–water partition coefficient (Wildman–Crippen LogP) is -0.143. The van der Waals surface area contributed by atoms with Gasteiger partial charge in [-0.05, 0) is 0 Å². The molecule has 0 spiro atoms. The van der Waals surface area contributed by atoms with Crippen molar-refractivity contribution in [3.05, 3.63) is 10.4 Å². The predicted molar refractivity (Wildman–Crippen MR) is 43.1 cm³/mol. The Kier molecular flexibility index (Phi) is 1.67. The number of hydrogen-bond donors (Lipinski definition) is 0. The van der Waals surface area contributed by atoms with Crippen molar-refractivity contribution in [2.24, 2.45) is 0 Å². The first kappa shape index (κ1) is 8.70. The highest BCUT2D eigenvalue weighted by Gasteiger charge is 2.48. The van der Waals surface area contributed by atoms with Gasteiger partial charge in [0.05, 0.1) is 0 Å². The van der Waals surface area contributed by atoms with Crippen LogP contribution in [0.2, 0.25) is 0 Å². The van der Waals surface area contributed by atoms with Crippen molar-refractivity contribution in [2.75, 3.05) is 0 Å². The number of rotatable bonds is 1. The van der Waals surface area contributed by atoms with Crippen molar-refractivity contribution in [1.82, 2.24) is 0 Å². The van der Waals surface area contributed by atoms with Gasteiger partial charge < -0.3 is 10.4 Å². The highest BCUT2D eigenvalue weighted by Crippen LogP contribution is 2.15. The van der Waals surface area contributed by atoms with Crippen LogP contribution in [-0.2, 0) is 4.79 Å². The van der Waals surface area contributed by atoms with Gasteiger partial charge in [0, 0.05) is 20.8 Å². The molecule has 0 aromatic rings. The van der Waals surface area contributed by atoms with E-state index in [4.69, 9.17) is 0 Å². The Morgan fingerprint density at radius 1 is 1.50 bits per heavy atom. The molecule has 0 radical (unpaired) electrons. The number of hydroxylamine groups is 2. The molecule has 1 heterocycles. The number of ketones is 1. The van der Waals surface area contributed by atoms with E-state index in [1.165, 1.54) is 20.8 Å². The molecule has 0 unspecified atom stereocenters. The van der Waals surface area contributed by atoms with E-state index in [-0.39, 0.29) is 11.5 Å². The van der Waals surface area contributed by atoms with Gasteiger partial charge in [-0.3, -0.25) is 4.79 Å². The van der Waals surface area contributed by atoms with Gasteiger partial charge in [0.15, 0.2) is 0 Å². The van der Waals surface area contributed by atoms with Crippen LogP contribution >= 0.6 is 0 Å². The maximum atomic E-state index is 11.1. The fourth-order valence-corrected chi connectivity index (χ4v) is 1.26. The smallest absolute Gasteiger partial charge is 0.425 e. The molecule has 0 aromatic carbocycles. The van der Waals surface area contributed by atoms with Gasteiger partial charge in [0.25, 0.3) is 5.54 Å². The summed E-state index contributed by atoms with van der Waals surface area (Å²) < 4.78 is 0.812. The van der Waals surface area contributed by atoms with E-state index in [2.05, 4.69) is 0 Å². The zero-order chi connectivity index (χ0) is 9.52. The summed E-state index contributed by atoms with van der Waals surface area (Å²) >= 11 is 0. The highest BCUT2D eigenvalue weighted by molar-refractivity contribution is 6.40. The number of carbonyl (C=O) groups excluding carboxylic acids is 1. The number of carbonyl (C=O) groups is 1. The van der Waals surface area contributed by atoms with Crippen LogP contribution in [0.25, 0.3) is 0 Å². The molecule has 66 valence electrons. The largest absolute Gasteiger partial charge is 0.619 e. The van der Waals surface area contributed by atoms with Crippen LogP contribution in [0.3, 0.4) is 0 Å². The summed E-state index contributed by atoms with van der Waals surface area (Å²) in [6, 6.07) is 0. The third-order valence-corrected chi connectivity index (χ3v) is 1.89. The van der Waals surface area contributed by atoms with Crippen LogP contribution in [0.15, 0.2) is 0 Å². The quantitative estimate of drug-likeness (QED) is 0.406. The summed E-state index contributed by atoms with van der Waals surface area (Å²) in [5.41, 5.74) is -1.05. The summed E-state index contributed by atoms with van der Waals surface area (Å²) in [6.45, 7) is 4.34. The Morgan fingerprint density at radius 3 is 2.17 bits per heavy atom. The van der Waals surface area contributed by atoms with Crippen molar-refractivity contribution < 1.29 is 14.3 Å². The molecule has 0 aromatic heterocycles. The van der Waals surface area contributed by atoms with Crippen molar-refractivity contribution in [3.8, 4) is 0 Å². The third kappa shape index (κ3) is 0.975. The Bertz CT molecular complexity index is 302. The summed E-state index contributed by atoms with van der Waals surface area (Å²) in [7, 11) is 0. The van der Waals surface area contributed by atoms with Crippen LogP contribution < -0.4 is 0 Å². The number of Topliss-reactive ketones (excluding diaryl/α,β-unsaturated/α-hetero) is 1. The minimum absolute atomic E-state index is 0.0162. The average molecular weight is 170 g/mol. The Balaban J connectivity index is 3.21. The minimum Gasteiger partial charge on any atom is -0.619 e. The van der Waals surface area contributed by atoms with Gasteiger partial charge in [-0.2, -0.15) is 0 Å². The van der Waals surface area contributed by atoms with E-state index < -0.39 is 5.54 Å².